The number of aromatic nitrogens is 1. The largest absolute Gasteiger partial charge is 0.497 e. The number of nitrogens with one attached hydrogen (secondary N) is 2. The topological polar surface area (TPSA) is 105 Å². The highest BCUT2D eigenvalue weighted by atomic mass is 16.5. The van der Waals surface area contributed by atoms with Crippen molar-refractivity contribution in [2.45, 2.75) is 13.5 Å². The molecule has 222 valence electrons. The van der Waals surface area contributed by atoms with Gasteiger partial charge in [0.15, 0.2) is 5.76 Å². The fourth-order valence-electron chi connectivity index (χ4n) is 4.88. The van der Waals surface area contributed by atoms with E-state index in [1.807, 2.05) is 43.4 Å². The van der Waals surface area contributed by atoms with Crippen molar-refractivity contribution in [3.63, 3.8) is 0 Å². The minimum atomic E-state index is -0.481. The van der Waals surface area contributed by atoms with Crippen LogP contribution in [0.3, 0.4) is 0 Å². The number of hydrogen-bond donors (Lipinski definition) is 2. The van der Waals surface area contributed by atoms with E-state index in [2.05, 4.69) is 22.1 Å². The highest BCUT2D eigenvalue weighted by Gasteiger charge is 2.28. The molecule has 0 radical (unpaired) electrons. The van der Waals surface area contributed by atoms with Crippen LogP contribution in [0.15, 0.2) is 72.6 Å². The van der Waals surface area contributed by atoms with Gasteiger partial charge in [0, 0.05) is 66.3 Å². The Labute approximate surface area is 250 Å². The summed E-state index contributed by atoms with van der Waals surface area (Å²) in [7, 11) is 7.30. The lowest BCUT2D eigenvalue weighted by atomic mass is 10.1. The van der Waals surface area contributed by atoms with Crippen LogP contribution >= 0.6 is 0 Å². The number of urea groups is 1. The number of fused-ring (bicyclic) bond motifs is 2. The quantitative estimate of drug-likeness (QED) is 0.251. The lowest BCUT2D eigenvalue weighted by Gasteiger charge is -2.19. The molecular formula is C33H35N5O5. The van der Waals surface area contributed by atoms with Crippen LogP contribution < -0.4 is 20.1 Å². The first-order chi connectivity index (χ1) is 20.7. The van der Waals surface area contributed by atoms with Crippen LogP contribution in [0.5, 0.6) is 11.5 Å². The van der Waals surface area contributed by atoms with Crippen molar-refractivity contribution >= 4 is 46.1 Å². The number of anilines is 2. The molecule has 0 bridgehead atoms. The monoisotopic (exact) mass is 581 g/mol. The second-order valence-electron chi connectivity index (χ2n) is 10.6. The van der Waals surface area contributed by atoms with Crippen molar-refractivity contribution in [2.75, 3.05) is 52.0 Å². The van der Waals surface area contributed by atoms with E-state index >= 15 is 0 Å². The smallest absolute Gasteiger partial charge is 0.323 e. The Bertz CT molecular complexity index is 1720. The first-order valence-corrected chi connectivity index (χ1v) is 14.0. The van der Waals surface area contributed by atoms with Gasteiger partial charge in [0.1, 0.15) is 11.5 Å². The minimum absolute atomic E-state index is 0.0906. The third-order valence-electron chi connectivity index (χ3n) is 7.29. The van der Waals surface area contributed by atoms with Crippen LogP contribution in [0.2, 0.25) is 0 Å². The number of ketones is 1. The number of methoxy groups -OCH3 is 1. The summed E-state index contributed by atoms with van der Waals surface area (Å²) < 4.78 is 13.4. The summed E-state index contributed by atoms with van der Waals surface area (Å²) in [5, 5.41) is 6.47. The summed E-state index contributed by atoms with van der Waals surface area (Å²) in [6.45, 7) is 4.20. The SMILES string of the molecule is CCn1cc(C=C2Oc3ccc(NC(=O)Nc4ccc(C(=O)N(C)CCN(C)C)cc4)cc3C2=O)c2cc(OC)ccc21. The Morgan fingerprint density at radius 2 is 1.67 bits per heavy atom. The molecule has 1 aliphatic heterocycles. The fraction of sp³-hybridized carbons (Fsp3) is 0.242. The maximum atomic E-state index is 13.3. The maximum Gasteiger partial charge on any atom is 0.323 e. The van der Waals surface area contributed by atoms with E-state index in [-0.39, 0.29) is 17.4 Å². The molecule has 4 aromatic rings. The Balaban J connectivity index is 1.25. The van der Waals surface area contributed by atoms with Crippen LogP contribution in [0, 0.1) is 0 Å². The summed E-state index contributed by atoms with van der Waals surface area (Å²) in [5.41, 5.74) is 3.74. The van der Waals surface area contributed by atoms with E-state index in [0.717, 1.165) is 35.3 Å². The van der Waals surface area contributed by atoms with E-state index in [0.29, 0.717) is 34.8 Å². The zero-order chi connectivity index (χ0) is 30.7. The van der Waals surface area contributed by atoms with E-state index < -0.39 is 6.03 Å². The van der Waals surface area contributed by atoms with Gasteiger partial charge in [-0.15, -0.1) is 0 Å². The number of rotatable bonds is 9. The average molecular weight is 582 g/mol. The second-order valence-corrected chi connectivity index (χ2v) is 10.6. The predicted molar refractivity (Wildman–Crippen MR) is 168 cm³/mol. The van der Waals surface area contributed by atoms with Crippen molar-refractivity contribution in [1.29, 1.82) is 0 Å². The van der Waals surface area contributed by atoms with Crippen LogP contribution in [0.1, 0.15) is 33.2 Å². The summed E-state index contributed by atoms with van der Waals surface area (Å²) in [4.78, 5) is 42.3. The highest BCUT2D eigenvalue weighted by molar-refractivity contribution is 6.16. The lowest BCUT2D eigenvalue weighted by molar-refractivity contribution is 0.0786. The number of aryl methyl sites for hydroxylation is 1. The van der Waals surface area contributed by atoms with Gasteiger partial charge in [0.2, 0.25) is 5.78 Å². The summed E-state index contributed by atoms with van der Waals surface area (Å²) >= 11 is 0. The number of hydrogen-bond acceptors (Lipinski definition) is 6. The van der Waals surface area contributed by atoms with Gasteiger partial charge in [-0.25, -0.2) is 4.79 Å². The van der Waals surface area contributed by atoms with Gasteiger partial charge in [-0.05, 0) is 87.8 Å². The van der Waals surface area contributed by atoms with Crippen molar-refractivity contribution in [1.82, 2.24) is 14.4 Å². The molecule has 10 heteroatoms. The molecule has 1 aromatic heterocycles. The zero-order valence-electron chi connectivity index (χ0n) is 24.9. The van der Waals surface area contributed by atoms with E-state index in [4.69, 9.17) is 9.47 Å². The molecule has 3 aromatic carbocycles. The number of amides is 3. The number of ether oxygens (including phenoxy) is 2. The fourth-order valence-corrected chi connectivity index (χ4v) is 4.88. The third-order valence-corrected chi connectivity index (χ3v) is 7.29. The van der Waals surface area contributed by atoms with Crippen LogP contribution in [0.25, 0.3) is 17.0 Å². The Morgan fingerprint density at radius 3 is 2.37 bits per heavy atom. The first-order valence-electron chi connectivity index (χ1n) is 14.0. The molecule has 2 N–H and O–H groups in total. The molecule has 10 nitrogen and oxygen atoms in total. The molecule has 0 fully saturated rings. The van der Waals surface area contributed by atoms with Crippen molar-refractivity contribution in [3.8, 4) is 11.5 Å². The molecule has 0 saturated heterocycles. The lowest BCUT2D eigenvalue weighted by Crippen LogP contribution is -2.33. The van der Waals surface area contributed by atoms with Gasteiger partial charge in [-0.3, -0.25) is 9.59 Å². The first kappa shape index (κ1) is 29.4. The van der Waals surface area contributed by atoms with Crippen molar-refractivity contribution in [2.24, 2.45) is 0 Å². The van der Waals surface area contributed by atoms with Gasteiger partial charge >= 0.3 is 6.03 Å². The molecule has 0 saturated carbocycles. The van der Waals surface area contributed by atoms with E-state index in [9.17, 15) is 14.4 Å². The van der Waals surface area contributed by atoms with Gasteiger partial charge in [0.25, 0.3) is 5.91 Å². The van der Waals surface area contributed by atoms with Gasteiger partial charge in [0.05, 0.1) is 12.7 Å². The number of likely N-dealkylation sites (N-methyl/N-ethyl adjacent to an activating group) is 2. The zero-order valence-corrected chi connectivity index (χ0v) is 24.9. The van der Waals surface area contributed by atoms with Crippen LogP contribution in [0.4, 0.5) is 16.2 Å². The Morgan fingerprint density at radius 1 is 0.953 bits per heavy atom. The number of carbonyl (C=O) groups excluding carboxylic acids is 3. The van der Waals surface area contributed by atoms with Crippen molar-refractivity contribution in [3.05, 3.63) is 89.3 Å². The number of carbonyl (C=O) groups is 3. The van der Waals surface area contributed by atoms with E-state index in [1.165, 1.54) is 0 Å². The third kappa shape index (κ3) is 6.39. The highest BCUT2D eigenvalue weighted by Crippen LogP contribution is 2.35. The number of nitrogens with zero attached hydrogens (tertiary/aromatic N) is 3. The maximum absolute atomic E-state index is 13.3. The minimum Gasteiger partial charge on any atom is -0.497 e. The number of benzene rings is 3. The van der Waals surface area contributed by atoms with E-state index in [1.54, 1.807) is 67.6 Å². The van der Waals surface area contributed by atoms with Crippen molar-refractivity contribution < 1.29 is 23.9 Å². The molecule has 0 spiro atoms. The van der Waals surface area contributed by atoms with Gasteiger partial charge in [-0.2, -0.15) is 0 Å². The van der Waals surface area contributed by atoms with Crippen LogP contribution in [-0.2, 0) is 6.54 Å². The molecule has 0 atom stereocenters. The molecule has 43 heavy (non-hydrogen) atoms. The molecular weight excluding hydrogens is 546 g/mol. The van der Waals surface area contributed by atoms with Gasteiger partial charge in [-0.1, -0.05) is 0 Å². The predicted octanol–water partition coefficient (Wildman–Crippen LogP) is 5.56. The second kappa shape index (κ2) is 12.4. The molecule has 2 heterocycles. The normalized spacial score (nSPS) is 13.3. The molecule has 1 aliphatic rings. The molecule has 3 amide bonds. The molecule has 0 unspecified atom stereocenters. The molecule has 0 aliphatic carbocycles. The summed E-state index contributed by atoms with van der Waals surface area (Å²) in [6.07, 6.45) is 3.73. The average Bonchev–Trinajstić information content (AvgIpc) is 3.51. The molecule has 5 rings (SSSR count). The Hall–Kier alpha value is -5.09. The number of Topliss-reactive ketones (excluding diaryl/α,β-unsaturated/α-hetero) is 1. The summed E-state index contributed by atoms with van der Waals surface area (Å²) in [6, 6.07) is 17.0. The standard InChI is InChI=1S/C33H35N5O5/c1-6-38-20-22(26-19-25(42-5)12-13-28(26)38)17-30-31(39)27-18-24(11-14-29(27)43-30)35-33(41)34-23-9-7-21(8-10-23)32(40)37(4)16-15-36(2)3/h7-14,17-20H,6,15-16H2,1-5H3,(H2,34,35,41). The summed E-state index contributed by atoms with van der Waals surface area (Å²) in [5.74, 6) is 0.998. The number of allylic oxidation sites excluding steroid dienone is 1. The Kier molecular flexibility index (Phi) is 8.49. The van der Waals surface area contributed by atoms with Crippen LogP contribution in [-0.4, -0.2) is 73.4 Å². The van der Waals surface area contributed by atoms with Gasteiger partial charge < -0.3 is 34.5 Å².